The Labute approximate surface area is 137 Å². The van der Waals surface area contributed by atoms with Crippen molar-refractivity contribution in [2.75, 3.05) is 10.6 Å². The molecule has 0 atom stereocenters. The summed E-state index contributed by atoms with van der Waals surface area (Å²) in [7, 11) is 0. The van der Waals surface area contributed by atoms with Gasteiger partial charge in [-0.2, -0.15) is 0 Å². The Bertz CT molecular complexity index is 817. The lowest BCUT2D eigenvalue weighted by molar-refractivity contribution is -0.384. The fourth-order valence-electron chi connectivity index (χ4n) is 1.91. The Morgan fingerprint density at radius 3 is 2.38 bits per heavy atom. The van der Waals surface area contributed by atoms with Crippen molar-refractivity contribution in [3.05, 3.63) is 70.3 Å². The van der Waals surface area contributed by atoms with Gasteiger partial charge in [0.2, 0.25) is 5.91 Å². The number of nitrogens with two attached hydrogens (primary N) is 1. The molecule has 0 heterocycles. The number of primary amides is 1. The third-order valence-electron chi connectivity index (χ3n) is 2.91. The van der Waals surface area contributed by atoms with Crippen molar-refractivity contribution in [3.63, 3.8) is 0 Å². The summed E-state index contributed by atoms with van der Waals surface area (Å²) >= 11 is 0. The highest BCUT2D eigenvalue weighted by Gasteiger charge is 2.04. The van der Waals surface area contributed by atoms with Gasteiger partial charge in [0.05, 0.1) is 4.92 Å². The molecule has 0 saturated carbocycles. The van der Waals surface area contributed by atoms with E-state index in [1.54, 1.807) is 30.3 Å². The number of anilines is 2. The highest BCUT2D eigenvalue weighted by molar-refractivity contribution is 6.02. The minimum Gasteiger partial charge on any atom is -0.351 e. The lowest BCUT2D eigenvalue weighted by Gasteiger charge is -2.05. The average molecular weight is 326 g/mol. The number of nitrogens with one attached hydrogen (secondary N) is 2. The summed E-state index contributed by atoms with van der Waals surface area (Å²) in [6.07, 6.45) is 2.72. The summed E-state index contributed by atoms with van der Waals surface area (Å²) in [6, 6.07) is 11.7. The van der Waals surface area contributed by atoms with Gasteiger partial charge in [-0.15, -0.1) is 0 Å². The molecule has 122 valence electrons. The summed E-state index contributed by atoms with van der Waals surface area (Å²) in [5.74, 6) is -0.419. The van der Waals surface area contributed by atoms with E-state index in [-0.39, 0.29) is 5.69 Å². The van der Waals surface area contributed by atoms with Crippen LogP contribution in [0.3, 0.4) is 0 Å². The predicted molar refractivity (Wildman–Crippen MR) is 90.4 cm³/mol. The number of benzene rings is 2. The molecule has 2 rings (SSSR count). The van der Waals surface area contributed by atoms with Crippen molar-refractivity contribution in [1.82, 2.24) is 0 Å². The molecular formula is C16H14N4O4. The van der Waals surface area contributed by atoms with Crippen molar-refractivity contribution in [2.24, 2.45) is 5.73 Å². The first-order valence-electron chi connectivity index (χ1n) is 6.84. The van der Waals surface area contributed by atoms with Crippen molar-refractivity contribution in [2.45, 2.75) is 0 Å². The molecule has 0 fully saturated rings. The number of hydrogen-bond donors (Lipinski definition) is 3. The first kappa shape index (κ1) is 16.7. The topological polar surface area (TPSA) is 127 Å². The lowest BCUT2D eigenvalue weighted by atomic mass is 10.2. The molecule has 8 heteroatoms. The van der Waals surface area contributed by atoms with Crippen LogP contribution in [0.4, 0.5) is 21.9 Å². The minimum absolute atomic E-state index is 0.0530. The quantitative estimate of drug-likeness (QED) is 0.443. The van der Waals surface area contributed by atoms with E-state index in [4.69, 9.17) is 5.73 Å². The molecule has 0 aromatic heterocycles. The number of nitro benzene ring substituents is 1. The number of carbonyl (C=O) groups is 2. The molecule has 4 N–H and O–H groups in total. The Hall–Kier alpha value is -3.68. The van der Waals surface area contributed by atoms with Gasteiger partial charge in [0, 0.05) is 29.6 Å². The molecule has 24 heavy (non-hydrogen) atoms. The lowest BCUT2D eigenvalue weighted by Crippen LogP contribution is -2.19. The highest BCUT2D eigenvalue weighted by atomic mass is 16.6. The summed E-state index contributed by atoms with van der Waals surface area (Å²) in [6.45, 7) is 0. The maximum absolute atomic E-state index is 11.9. The molecule has 0 bridgehead atoms. The first-order valence-corrected chi connectivity index (χ1v) is 6.84. The van der Waals surface area contributed by atoms with Gasteiger partial charge in [0.25, 0.3) is 5.69 Å². The molecule has 0 aliphatic rings. The smallest absolute Gasteiger partial charge is 0.316 e. The second kappa shape index (κ2) is 7.54. The molecule has 0 aliphatic carbocycles. The van der Waals surface area contributed by atoms with Gasteiger partial charge < -0.3 is 16.4 Å². The number of non-ortho nitro benzene ring substituents is 1. The number of urea groups is 1. The molecule has 0 aliphatic heterocycles. The fourth-order valence-corrected chi connectivity index (χ4v) is 1.91. The first-order chi connectivity index (χ1) is 11.4. The Morgan fingerprint density at radius 1 is 1.04 bits per heavy atom. The van der Waals surface area contributed by atoms with E-state index in [2.05, 4.69) is 10.6 Å². The monoisotopic (exact) mass is 326 g/mol. The largest absolute Gasteiger partial charge is 0.351 e. The van der Waals surface area contributed by atoms with Gasteiger partial charge in [-0.05, 0) is 29.8 Å². The van der Waals surface area contributed by atoms with Gasteiger partial charge in [-0.3, -0.25) is 14.9 Å². The van der Waals surface area contributed by atoms with Crippen LogP contribution in [0.2, 0.25) is 0 Å². The fraction of sp³-hybridized carbons (Fsp3) is 0. The predicted octanol–water partition coefficient (Wildman–Crippen LogP) is 2.74. The molecule has 0 radical (unpaired) electrons. The molecule has 3 amide bonds. The van der Waals surface area contributed by atoms with Crippen LogP contribution in [-0.2, 0) is 4.79 Å². The summed E-state index contributed by atoms with van der Waals surface area (Å²) in [5.41, 5.74) is 6.42. The molecule has 0 spiro atoms. The van der Waals surface area contributed by atoms with Crippen molar-refractivity contribution in [3.8, 4) is 0 Å². The SMILES string of the molecule is NC(=O)Nc1cccc(NC(=O)/C=C/c2cccc([N+](=O)[O-])c2)c1. The highest BCUT2D eigenvalue weighted by Crippen LogP contribution is 2.16. The number of hydrogen-bond acceptors (Lipinski definition) is 4. The molecule has 2 aromatic rings. The summed E-state index contributed by atoms with van der Waals surface area (Å²) in [5, 5.41) is 15.7. The van der Waals surface area contributed by atoms with E-state index in [1.165, 1.54) is 30.4 Å². The van der Waals surface area contributed by atoms with E-state index in [1.807, 2.05) is 0 Å². The maximum atomic E-state index is 11.9. The van der Waals surface area contributed by atoms with Crippen molar-refractivity contribution in [1.29, 1.82) is 0 Å². The van der Waals surface area contributed by atoms with Crippen LogP contribution in [0.15, 0.2) is 54.6 Å². The molecule has 0 saturated heterocycles. The number of amides is 3. The summed E-state index contributed by atoms with van der Waals surface area (Å²) in [4.78, 5) is 32.9. The number of rotatable bonds is 5. The van der Waals surface area contributed by atoms with Crippen LogP contribution in [0, 0.1) is 10.1 Å². The second-order valence-corrected chi connectivity index (χ2v) is 4.74. The minimum atomic E-state index is -0.705. The van der Waals surface area contributed by atoms with Gasteiger partial charge in [0.15, 0.2) is 0 Å². The van der Waals surface area contributed by atoms with Crippen molar-refractivity contribution >= 4 is 35.1 Å². The van der Waals surface area contributed by atoms with Gasteiger partial charge >= 0.3 is 6.03 Å². The Balaban J connectivity index is 2.04. The zero-order valence-corrected chi connectivity index (χ0v) is 12.4. The summed E-state index contributed by atoms with van der Waals surface area (Å²) < 4.78 is 0. The van der Waals surface area contributed by atoms with Crippen LogP contribution in [-0.4, -0.2) is 16.9 Å². The van der Waals surface area contributed by atoms with Crippen LogP contribution in [0.25, 0.3) is 6.08 Å². The zero-order chi connectivity index (χ0) is 17.5. The van der Waals surface area contributed by atoms with Crippen LogP contribution < -0.4 is 16.4 Å². The van der Waals surface area contributed by atoms with E-state index in [9.17, 15) is 19.7 Å². The Morgan fingerprint density at radius 2 is 1.71 bits per heavy atom. The van der Waals surface area contributed by atoms with Gasteiger partial charge in [-0.1, -0.05) is 18.2 Å². The van der Waals surface area contributed by atoms with E-state index in [0.717, 1.165) is 0 Å². The second-order valence-electron chi connectivity index (χ2n) is 4.74. The van der Waals surface area contributed by atoms with Crippen LogP contribution in [0.5, 0.6) is 0 Å². The van der Waals surface area contributed by atoms with E-state index < -0.39 is 16.9 Å². The van der Waals surface area contributed by atoms with Crippen molar-refractivity contribution < 1.29 is 14.5 Å². The number of nitro groups is 1. The zero-order valence-electron chi connectivity index (χ0n) is 12.4. The molecular weight excluding hydrogens is 312 g/mol. The Kier molecular flexibility index (Phi) is 5.24. The standard InChI is InChI=1S/C16H14N4O4/c17-16(22)19-13-5-2-4-12(10-13)18-15(21)8-7-11-3-1-6-14(9-11)20(23)24/h1-10H,(H,18,21)(H3,17,19,22)/b8-7+. The van der Waals surface area contributed by atoms with E-state index in [0.29, 0.717) is 16.9 Å². The third kappa shape index (κ3) is 4.95. The van der Waals surface area contributed by atoms with E-state index >= 15 is 0 Å². The number of carbonyl (C=O) groups excluding carboxylic acids is 2. The third-order valence-corrected chi connectivity index (χ3v) is 2.91. The van der Waals surface area contributed by atoms with Crippen LogP contribution >= 0.6 is 0 Å². The molecule has 0 unspecified atom stereocenters. The maximum Gasteiger partial charge on any atom is 0.316 e. The number of nitrogens with zero attached hydrogens (tertiary/aromatic N) is 1. The van der Waals surface area contributed by atoms with Crippen LogP contribution in [0.1, 0.15) is 5.56 Å². The average Bonchev–Trinajstić information content (AvgIpc) is 2.53. The molecule has 8 nitrogen and oxygen atoms in total. The van der Waals surface area contributed by atoms with Gasteiger partial charge in [-0.25, -0.2) is 4.79 Å². The van der Waals surface area contributed by atoms with Gasteiger partial charge in [0.1, 0.15) is 0 Å². The normalized spacial score (nSPS) is 10.3. The molecule has 2 aromatic carbocycles.